The first kappa shape index (κ1) is 28.5. The summed E-state index contributed by atoms with van der Waals surface area (Å²) in [5.74, 6) is -0.712. The Morgan fingerprint density at radius 2 is 1.77 bits per heavy atom. The third-order valence-corrected chi connectivity index (χ3v) is 7.59. The normalized spacial score (nSPS) is 25.6. The quantitative estimate of drug-likeness (QED) is 0.563. The van der Waals surface area contributed by atoms with Crippen LogP contribution in [0.4, 0.5) is 13.2 Å². The number of carboxylic acid groups (broad SMARTS) is 1. The fourth-order valence-corrected chi connectivity index (χ4v) is 5.49. The fraction of sp³-hybridized carbons (Fsp3) is 0.481. The van der Waals surface area contributed by atoms with E-state index < -0.39 is 17.9 Å². The second-order valence-corrected chi connectivity index (χ2v) is 9.85. The van der Waals surface area contributed by atoms with Crippen molar-refractivity contribution in [2.45, 2.75) is 56.7 Å². The Labute approximate surface area is 224 Å². The van der Waals surface area contributed by atoms with Crippen molar-refractivity contribution < 1.29 is 42.1 Å². The molecule has 0 radical (unpaired) electrons. The van der Waals surface area contributed by atoms with Crippen LogP contribution < -0.4 is 15.2 Å². The summed E-state index contributed by atoms with van der Waals surface area (Å²) in [4.78, 5) is 20.3. The van der Waals surface area contributed by atoms with E-state index in [1.807, 2.05) is 37.4 Å². The molecule has 1 aliphatic heterocycles. The lowest BCUT2D eigenvalue weighted by molar-refractivity contribution is -0.232. The minimum Gasteiger partial charge on any atom is -0.497 e. The van der Waals surface area contributed by atoms with Crippen LogP contribution in [-0.4, -0.2) is 55.6 Å². The molecule has 0 aromatic heterocycles. The Morgan fingerprint density at radius 3 is 2.28 bits per heavy atom. The van der Waals surface area contributed by atoms with E-state index >= 15 is 0 Å². The van der Waals surface area contributed by atoms with E-state index in [0.29, 0.717) is 18.7 Å². The van der Waals surface area contributed by atoms with E-state index in [2.05, 4.69) is 12.1 Å². The summed E-state index contributed by atoms with van der Waals surface area (Å²) < 4.78 is 48.7. The number of guanidine groups is 1. The maximum Gasteiger partial charge on any atom is 0.490 e. The highest BCUT2D eigenvalue weighted by molar-refractivity contribution is 5.79. The molecular formula is C27H32F3N3O6. The summed E-state index contributed by atoms with van der Waals surface area (Å²) in [7, 11) is 5.28. The van der Waals surface area contributed by atoms with Crippen LogP contribution in [-0.2, 0) is 33.1 Å². The lowest BCUT2D eigenvalue weighted by atomic mass is 9.66. The molecule has 2 aromatic carbocycles. The summed E-state index contributed by atoms with van der Waals surface area (Å²) in [5.41, 5.74) is 8.67. The second-order valence-electron chi connectivity index (χ2n) is 9.85. The zero-order valence-corrected chi connectivity index (χ0v) is 22.0. The van der Waals surface area contributed by atoms with Gasteiger partial charge in [0.1, 0.15) is 18.1 Å². The molecule has 5 rings (SSSR count). The van der Waals surface area contributed by atoms with Gasteiger partial charge in [0.2, 0.25) is 11.7 Å². The number of hydrogen-bond donors (Lipinski definition) is 2. The van der Waals surface area contributed by atoms with E-state index in [1.54, 1.807) is 19.3 Å². The summed E-state index contributed by atoms with van der Waals surface area (Å²) in [6.45, 7) is 0.475. The molecule has 212 valence electrons. The monoisotopic (exact) mass is 551 g/mol. The number of nitrogens with zero attached hydrogens (tertiary/aromatic N) is 2. The molecule has 1 saturated carbocycles. The first-order chi connectivity index (χ1) is 18.4. The third kappa shape index (κ3) is 5.62. The molecule has 9 nitrogen and oxygen atoms in total. The number of alkyl halides is 3. The number of fused-ring (bicyclic) bond motifs is 3. The second kappa shape index (κ2) is 10.9. The predicted octanol–water partition coefficient (Wildman–Crippen LogP) is 4.38. The van der Waals surface area contributed by atoms with Crippen LogP contribution in [0.15, 0.2) is 47.5 Å². The summed E-state index contributed by atoms with van der Waals surface area (Å²) in [5, 5.41) is 8.73. The van der Waals surface area contributed by atoms with Crippen molar-refractivity contribution in [1.82, 2.24) is 5.06 Å². The first-order valence-corrected chi connectivity index (χ1v) is 12.4. The van der Waals surface area contributed by atoms with Crippen LogP contribution in [0.1, 0.15) is 42.4 Å². The molecule has 0 amide bonds. The molecule has 39 heavy (non-hydrogen) atoms. The zero-order valence-electron chi connectivity index (χ0n) is 22.0. The van der Waals surface area contributed by atoms with E-state index in [9.17, 15) is 13.2 Å². The molecule has 0 saturated heterocycles. The zero-order chi connectivity index (χ0) is 28.4. The molecule has 2 aliphatic carbocycles. The lowest BCUT2D eigenvalue weighted by Gasteiger charge is -2.45. The molecule has 3 N–H and O–H groups in total. The summed E-state index contributed by atoms with van der Waals surface area (Å²) >= 11 is 0. The highest BCUT2D eigenvalue weighted by atomic mass is 19.4. The number of ether oxygens (including phenoxy) is 3. The Morgan fingerprint density at radius 1 is 1.15 bits per heavy atom. The van der Waals surface area contributed by atoms with Gasteiger partial charge >= 0.3 is 12.1 Å². The molecule has 2 aromatic rings. The third-order valence-electron chi connectivity index (χ3n) is 7.59. The van der Waals surface area contributed by atoms with Crippen molar-refractivity contribution in [3.63, 3.8) is 0 Å². The molecule has 12 heteroatoms. The molecule has 1 unspecified atom stereocenters. The van der Waals surface area contributed by atoms with Crippen LogP contribution in [0, 0.1) is 5.41 Å². The van der Waals surface area contributed by atoms with Crippen molar-refractivity contribution in [3.05, 3.63) is 59.2 Å². The van der Waals surface area contributed by atoms with Crippen LogP contribution >= 0.6 is 0 Å². The highest BCUT2D eigenvalue weighted by Gasteiger charge is 2.63. The first-order valence-electron chi connectivity index (χ1n) is 12.4. The average Bonchev–Trinajstić information content (AvgIpc) is 3.35. The van der Waals surface area contributed by atoms with Gasteiger partial charge in [-0.1, -0.05) is 18.2 Å². The van der Waals surface area contributed by atoms with Gasteiger partial charge in [-0.2, -0.15) is 13.2 Å². The molecule has 1 fully saturated rings. The number of hydrogen-bond acceptors (Lipinski definition) is 8. The molecule has 1 heterocycles. The van der Waals surface area contributed by atoms with Gasteiger partial charge in [-0.15, -0.1) is 0 Å². The fourth-order valence-electron chi connectivity index (χ4n) is 5.49. The SMILES string of the molecule is COc1ccc(COc2ccc3c(c2)C2(N=C(N)N(C)O2)C2(CCC(OC)CC2)C3)cc1.O=C(O)C(F)(F)F. The van der Waals surface area contributed by atoms with Gasteiger partial charge in [0.25, 0.3) is 0 Å². The van der Waals surface area contributed by atoms with Crippen LogP contribution in [0.3, 0.4) is 0 Å². The summed E-state index contributed by atoms with van der Waals surface area (Å²) in [6.07, 6.45) is 0.0812. The van der Waals surface area contributed by atoms with Crippen molar-refractivity contribution in [1.29, 1.82) is 0 Å². The van der Waals surface area contributed by atoms with Gasteiger partial charge in [-0.25, -0.2) is 19.7 Å². The molecule has 3 aliphatic rings. The van der Waals surface area contributed by atoms with Crippen LogP contribution in [0.2, 0.25) is 0 Å². The Bertz CT molecular complexity index is 1210. The number of hydroxylamine groups is 2. The van der Waals surface area contributed by atoms with Crippen molar-refractivity contribution >= 4 is 11.9 Å². The maximum atomic E-state index is 10.6. The van der Waals surface area contributed by atoms with Crippen molar-refractivity contribution in [2.75, 3.05) is 21.3 Å². The topological polar surface area (TPSA) is 116 Å². The predicted molar refractivity (Wildman–Crippen MR) is 135 cm³/mol. The van der Waals surface area contributed by atoms with E-state index in [1.165, 1.54) is 5.56 Å². The Kier molecular flexibility index (Phi) is 7.99. The molecule has 2 spiro atoms. The van der Waals surface area contributed by atoms with Gasteiger partial charge in [0.15, 0.2) is 0 Å². The van der Waals surface area contributed by atoms with Gasteiger partial charge in [-0.05, 0) is 67.5 Å². The van der Waals surface area contributed by atoms with E-state index in [0.717, 1.165) is 54.7 Å². The minimum atomic E-state index is -5.08. The summed E-state index contributed by atoms with van der Waals surface area (Å²) in [6, 6.07) is 14.2. The Hall–Kier alpha value is -3.51. The number of aliphatic carboxylic acids is 1. The van der Waals surface area contributed by atoms with Gasteiger partial charge in [0.05, 0.1) is 13.2 Å². The molecule has 1 atom stereocenters. The number of benzene rings is 2. The number of methoxy groups -OCH3 is 2. The highest BCUT2D eigenvalue weighted by Crippen LogP contribution is 2.62. The lowest BCUT2D eigenvalue weighted by Crippen LogP contribution is -2.46. The minimum absolute atomic E-state index is 0.131. The van der Waals surface area contributed by atoms with Gasteiger partial charge in [-0.3, -0.25) is 0 Å². The van der Waals surface area contributed by atoms with Gasteiger partial charge < -0.3 is 25.1 Å². The van der Waals surface area contributed by atoms with E-state index in [4.69, 9.17) is 39.7 Å². The smallest absolute Gasteiger partial charge is 0.490 e. The van der Waals surface area contributed by atoms with Crippen molar-refractivity contribution in [3.8, 4) is 11.5 Å². The maximum absolute atomic E-state index is 10.6. The largest absolute Gasteiger partial charge is 0.497 e. The number of nitrogens with two attached hydrogens (primary N) is 1. The Balaban J connectivity index is 0.000000448. The van der Waals surface area contributed by atoms with Crippen LogP contribution in [0.25, 0.3) is 0 Å². The number of rotatable bonds is 5. The van der Waals surface area contributed by atoms with Crippen LogP contribution in [0.5, 0.6) is 11.5 Å². The number of carboxylic acids is 1. The standard InChI is InChI=1S/C25H31N3O4.C2HF3O2/c1-28-23(26)27-25(32-28)22-14-21(31-16-17-4-7-19(29-2)8-5-17)9-6-18(22)15-24(25)12-10-20(30-3)11-13-24;3-2(4,5)1(6)7/h4-9,14,20H,10-13,15-16H2,1-3H3,(H2,26,27);(H,6,7). The number of halogens is 3. The van der Waals surface area contributed by atoms with Gasteiger partial charge in [0, 0.05) is 25.1 Å². The number of carbonyl (C=O) groups is 1. The van der Waals surface area contributed by atoms with E-state index in [-0.39, 0.29) is 5.41 Å². The molecular weight excluding hydrogens is 519 g/mol. The average molecular weight is 552 g/mol. The van der Waals surface area contributed by atoms with Crippen molar-refractivity contribution in [2.24, 2.45) is 16.1 Å². The molecule has 0 bridgehead atoms. The number of aliphatic imine (C=N–C) groups is 1.